The van der Waals surface area contributed by atoms with E-state index in [1.165, 1.54) is 12.4 Å². The molecular formula is C20H18ClN5O2. The predicted octanol–water partition coefficient (Wildman–Crippen LogP) is 2.80. The van der Waals surface area contributed by atoms with Gasteiger partial charge in [-0.25, -0.2) is 9.97 Å². The van der Waals surface area contributed by atoms with E-state index in [4.69, 9.17) is 11.6 Å². The lowest BCUT2D eigenvalue weighted by Gasteiger charge is -2.28. The number of rotatable bonds is 3. The van der Waals surface area contributed by atoms with Crippen molar-refractivity contribution in [3.8, 4) is 0 Å². The van der Waals surface area contributed by atoms with Crippen molar-refractivity contribution in [3.05, 3.63) is 46.7 Å². The number of anilines is 1. The van der Waals surface area contributed by atoms with Crippen molar-refractivity contribution in [1.29, 1.82) is 0 Å². The maximum Gasteiger partial charge on any atom is 0.249 e. The highest BCUT2D eigenvalue weighted by Crippen LogP contribution is 2.41. The quantitative estimate of drug-likeness (QED) is 0.829. The molecule has 2 aromatic heterocycles. The van der Waals surface area contributed by atoms with Crippen LogP contribution in [-0.4, -0.2) is 32.2 Å². The monoisotopic (exact) mass is 395 g/mol. The fraction of sp³-hybridized carbons (Fsp3) is 0.350. The molecule has 2 fully saturated rings. The van der Waals surface area contributed by atoms with E-state index < -0.39 is 11.5 Å². The van der Waals surface area contributed by atoms with Gasteiger partial charge in [0, 0.05) is 28.9 Å². The molecule has 1 unspecified atom stereocenters. The number of carbonyl (C=O) groups is 2. The van der Waals surface area contributed by atoms with Crippen LogP contribution in [0.2, 0.25) is 0 Å². The number of hydrogen-bond acceptors (Lipinski definition) is 6. The zero-order chi connectivity index (χ0) is 19.6. The van der Waals surface area contributed by atoms with Crippen LogP contribution in [0, 0.1) is 5.92 Å². The standard InChI is InChI=1S/C20H18ClN5O2/c1-20(2)16-15(19(28)26-20)11(21)5-14(17(16)27)25-18-10-7-22-12(9-3-4-9)6-13(10)23-8-24-18/h5-9,16H,3-4H2,1-2H3,(H,26,28)(H,23,24,25). The number of carbonyl (C=O) groups excluding carboxylic acids is 2. The zero-order valence-corrected chi connectivity index (χ0v) is 16.2. The molecule has 5 rings (SSSR count). The van der Waals surface area contributed by atoms with Crippen molar-refractivity contribution in [2.75, 3.05) is 5.32 Å². The van der Waals surface area contributed by atoms with Crippen molar-refractivity contribution < 1.29 is 9.59 Å². The summed E-state index contributed by atoms with van der Waals surface area (Å²) in [4.78, 5) is 38.5. The summed E-state index contributed by atoms with van der Waals surface area (Å²) in [5, 5.41) is 6.92. The lowest BCUT2D eigenvalue weighted by molar-refractivity contribution is -0.119. The van der Waals surface area contributed by atoms with E-state index in [0.717, 1.165) is 29.4 Å². The maximum absolute atomic E-state index is 13.1. The van der Waals surface area contributed by atoms with Gasteiger partial charge in [-0.1, -0.05) is 11.6 Å². The molecule has 1 saturated carbocycles. The number of aromatic nitrogens is 3. The van der Waals surface area contributed by atoms with Crippen LogP contribution in [-0.2, 0) is 9.59 Å². The van der Waals surface area contributed by atoms with Gasteiger partial charge in [0.15, 0.2) is 5.78 Å². The Morgan fingerprint density at radius 1 is 1.21 bits per heavy atom. The number of hydrogen-bond donors (Lipinski definition) is 2. The first-order valence-electron chi connectivity index (χ1n) is 9.21. The number of ketones is 1. The molecule has 3 aliphatic rings. The van der Waals surface area contributed by atoms with Crippen molar-refractivity contribution in [1.82, 2.24) is 20.3 Å². The smallest absolute Gasteiger partial charge is 0.249 e. The average molecular weight is 396 g/mol. The first-order chi connectivity index (χ1) is 13.3. The molecule has 1 amide bonds. The minimum Gasteiger partial charge on any atom is -0.346 e. The summed E-state index contributed by atoms with van der Waals surface area (Å²) in [7, 11) is 0. The van der Waals surface area contributed by atoms with Gasteiger partial charge in [-0.2, -0.15) is 0 Å². The van der Waals surface area contributed by atoms with E-state index >= 15 is 0 Å². The van der Waals surface area contributed by atoms with Crippen molar-refractivity contribution in [2.24, 2.45) is 5.92 Å². The molecule has 1 saturated heterocycles. The average Bonchev–Trinajstić information content (AvgIpc) is 3.45. The van der Waals surface area contributed by atoms with E-state index in [1.807, 2.05) is 19.9 Å². The molecule has 2 aliphatic carbocycles. The van der Waals surface area contributed by atoms with Gasteiger partial charge in [-0.3, -0.25) is 14.6 Å². The number of pyridine rings is 1. The Bertz CT molecular complexity index is 1120. The number of fused-ring (bicyclic) bond motifs is 2. The third-order valence-corrected chi connectivity index (χ3v) is 5.85. The highest BCUT2D eigenvalue weighted by atomic mass is 35.5. The highest BCUT2D eigenvalue weighted by molar-refractivity contribution is 6.36. The van der Waals surface area contributed by atoms with Gasteiger partial charge in [0.1, 0.15) is 12.1 Å². The van der Waals surface area contributed by atoms with E-state index in [9.17, 15) is 9.59 Å². The van der Waals surface area contributed by atoms with Gasteiger partial charge in [0.05, 0.1) is 27.6 Å². The first-order valence-corrected chi connectivity index (χ1v) is 9.59. The highest BCUT2D eigenvalue weighted by Gasteiger charge is 2.51. The van der Waals surface area contributed by atoms with Crippen molar-refractivity contribution in [3.63, 3.8) is 0 Å². The molecule has 142 valence electrons. The number of halogens is 1. The first kappa shape index (κ1) is 17.3. The lowest BCUT2D eigenvalue weighted by atomic mass is 9.79. The normalized spacial score (nSPS) is 23.5. The number of amides is 1. The molecule has 1 aliphatic heterocycles. The topological polar surface area (TPSA) is 96.9 Å². The molecule has 7 nitrogen and oxygen atoms in total. The van der Waals surface area contributed by atoms with E-state index in [2.05, 4.69) is 25.6 Å². The fourth-order valence-electron chi connectivity index (χ4n) is 3.96. The molecule has 1 atom stereocenters. The second-order valence-electron chi connectivity index (χ2n) is 8.04. The molecular weight excluding hydrogens is 378 g/mol. The van der Waals surface area contributed by atoms with Crippen LogP contribution in [0.1, 0.15) is 38.3 Å². The number of Topliss-reactive ketones (excluding diaryl/α,β-unsaturated/α-hetero) is 1. The molecule has 2 N–H and O–H groups in total. The van der Waals surface area contributed by atoms with Gasteiger partial charge in [0.25, 0.3) is 0 Å². The van der Waals surface area contributed by atoms with Crippen LogP contribution < -0.4 is 10.6 Å². The maximum atomic E-state index is 13.1. The summed E-state index contributed by atoms with van der Waals surface area (Å²) in [6.45, 7) is 3.63. The summed E-state index contributed by atoms with van der Waals surface area (Å²) in [5.74, 6) is -0.129. The molecule has 2 aromatic rings. The third-order valence-electron chi connectivity index (χ3n) is 5.54. The van der Waals surface area contributed by atoms with E-state index in [-0.39, 0.29) is 16.7 Å². The Kier molecular flexibility index (Phi) is 3.61. The van der Waals surface area contributed by atoms with Gasteiger partial charge in [0.2, 0.25) is 5.91 Å². The van der Waals surface area contributed by atoms with Crippen LogP contribution in [0.25, 0.3) is 10.9 Å². The molecule has 0 bridgehead atoms. The second-order valence-corrected chi connectivity index (χ2v) is 8.45. The SMILES string of the molecule is CC1(C)NC(=O)C2=C(Cl)C=C(Nc3ncnc4cc(C5CC5)ncc34)C(=O)C21. The van der Waals surface area contributed by atoms with Crippen LogP contribution in [0.4, 0.5) is 5.82 Å². The lowest BCUT2D eigenvalue weighted by Crippen LogP contribution is -2.44. The molecule has 3 heterocycles. The predicted molar refractivity (Wildman–Crippen MR) is 105 cm³/mol. The largest absolute Gasteiger partial charge is 0.346 e. The zero-order valence-electron chi connectivity index (χ0n) is 15.4. The minimum atomic E-state index is -0.709. The Hall–Kier alpha value is -2.80. The number of nitrogens with zero attached hydrogens (tertiary/aromatic N) is 3. The summed E-state index contributed by atoms with van der Waals surface area (Å²) in [6.07, 6.45) is 7.02. The van der Waals surface area contributed by atoms with Crippen molar-refractivity contribution in [2.45, 2.75) is 38.1 Å². The Morgan fingerprint density at radius 2 is 2.00 bits per heavy atom. The summed E-state index contributed by atoms with van der Waals surface area (Å²) in [5.41, 5.74) is 1.73. The Balaban J connectivity index is 1.54. The molecule has 8 heteroatoms. The second kappa shape index (κ2) is 5.85. The Labute approximate surface area is 166 Å². The summed E-state index contributed by atoms with van der Waals surface area (Å²) >= 11 is 6.35. The molecule has 0 spiro atoms. The van der Waals surface area contributed by atoms with Gasteiger partial charge in [-0.15, -0.1) is 0 Å². The molecule has 28 heavy (non-hydrogen) atoms. The molecule has 0 aromatic carbocycles. The van der Waals surface area contributed by atoms with Crippen LogP contribution in [0.15, 0.2) is 41.0 Å². The van der Waals surface area contributed by atoms with Gasteiger partial charge < -0.3 is 10.6 Å². The van der Waals surface area contributed by atoms with Crippen LogP contribution in [0.3, 0.4) is 0 Å². The Morgan fingerprint density at radius 3 is 2.75 bits per heavy atom. The van der Waals surface area contributed by atoms with Crippen molar-refractivity contribution >= 4 is 40.0 Å². The van der Waals surface area contributed by atoms with E-state index in [1.54, 1.807) is 6.20 Å². The number of allylic oxidation sites excluding steroid dienone is 3. The molecule has 0 radical (unpaired) electrons. The summed E-state index contributed by atoms with van der Waals surface area (Å²) < 4.78 is 0. The minimum absolute atomic E-state index is 0.197. The summed E-state index contributed by atoms with van der Waals surface area (Å²) in [6, 6.07) is 1.98. The fourth-order valence-corrected chi connectivity index (χ4v) is 4.26. The van der Waals surface area contributed by atoms with Crippen LogP contribution in [0.5, 0.6) is 0 Å². The van der Waals surface area contributed by atoms with E-state index in [0.29, 0.717) is 23.0 Å². The van der Waals surface area contributed by atoms with Gasteiger partial charge in [-0.05, 0) is 38.8 Å². The third kappa shape index (κ3) is 2.61. The van der Waals surface area contributed by atoms with Gasteiger partial charge >= 0.3 is 0 Å². The van der Waals surface area contributed by atoms with Crippen LogP contribution >= 0.6 is 11.6 Å². The number of nitrogens with one attached hydrogen (secondary N) is 2.